The molecule has 0 radical (unpaired) electrons. The monoisotopic (exact) mass is 225 g/mol. The first-order valence-corrected chi connectivity index (χ1v) is 4.15. The molecule has 0 saturated carbocycles. The lowest BCUT2D eigenvalue weighted by molar-refractivity contribution is -0.385. The van der Waals surface area contributed by atoms with E-state index in [1.54, 1.807) is 0 Å². The number of hydrogen-bond acceptors (Lipinski definition) is 4. The number of nitro benzene ring substituents is 1. The van der Waals surface area contributed by atoms with E-state index in [1.165, 1.54) is 6.07 Å². The van der Waals surface area contributed by atoms with Crippen LogP contribution in [0.5, 0.6) is 0 Å². The smallest absolute Gasteiger partial charge is 0.336 e. The average Bonchev–Trinajstić information content (AvgIpc) is 2.16. The van der Waals surface area contributed by atoms with Gasteiger partial charge in [0.15, 0.2) is 0 Å². The zero-order valence-electron chi connectivity index (χ0n) is 7.91. The van der Waals surface area contributed by atoms with Gasteiger partial charge in [-0.2, -0.15) is 0 Å². The summed E-state index contributed by atoms with van der Waals surface area (Å²) in [5, 5.41) is 27.9. The maximum Gasteiger partial charge on any atom is 0.336 e. The van der Waals surface area contributed by atoms with Crippen LogP contribution in [0.1, 0.15) is 15.9 Å². The van der Waals surface area contributed by atoms with Crippen molar-refractivity contribution in [1.29, 1.82) is 0 Å². The van der Waals surface area contributed by atoms with Gasteiger partial charge in [0, 0.05) is 6.07 Å². The number of aliphatic carboxylic acids is 1. The Bertz CT molecular complexity index is 435. The van der Waals surface area contributed by atoms with Crippen molar-refractivity contribution < 1.29 is 24.7 Å². The second kappa shape index (κ2) is 4.39. The third kappa shape index (κ3) is 2.32. The third-order valence-corrected chi connectivity index (χ3v) is 1.91. The lowest BCUT2D eigenvalue weighted by atomic mass is 10.0. The maximum atomic E-state index is 10.8. The number of nitrogens with zero attached hydrogens (tertiary/aromatic N) is 1. The Morgan fingerprint density at radius 1 is 1.31 bits per heavy atom. The summed E-state index contributed by atoms with van der Waals surface area (Å²) in [6, 6.07) is 3.41. The molecule has 7 nitrogen and oxygen atoms in total. The molecule has 84 valence electrons. The summed E-state index contributed by atoms with van der Waals surface area (Å²) in [7, 11) is 0. The summed E-state index contributed by atoms with van der Waals surface area (Å²) in [6.45, 7) is 0. The fraction of sp³-hybridized carbons (Fsp3) is 0.111. The van der Waals surface area contributed by atoms with Crippen molar-refractivity contribution in [3.05, 3.63) is 39.4 Å². The molecule has 0 atom stereocenters. The minimum Gasteiger partial charge on any atom is -0.481 e. The molecule has 1 aromatic carbocycles. The van der Waals surface area contributed by atoms with E-state index in [4.69, 9.17) is 10.2 Å². The van der Waals surface area contributed by atoms with Crippen LogP contribution >= 0.6 is 0 Å². The third-order valence-electron chi connectivity index (χ3n) is 1.91. The van der Waals surface area contributed by atoms with Crippen LogP contribution in [0.2, 0.25) is 0 Å². The Morgan fingerprint density at radius 2 is 1.94 bits per heavy atom. The number of benzene rings is 1. The van der Waals surface area contributed by atoms with Crippen LogP contribution in [-0.4, -0.2) is 27.1 Å². The van der Waals surface area contributed by atoms with Crippen LogP contribution in [0.3, 0.4) is 0 Å². The molecule has 0 fully saturated rings. The Kier molecular flexibility index (Phi) is 3.19. The molecule has 16 heavy (non-hydrogen) atoms. The van der Waals surface area contributed by atoms with Gasteiger partial charge >= 0.3 is 11.9 Å². The van der Waals surface area contributed by atoms with Gasteiger partial charge in [-0.1, -0.05) is 6.07 Å². The SMILES string of the molecule is O=C(O)Cc1c(C(=O)O)cccc1[N+](=O)[O-]. The van der Waals surface area contributed by atoms with E-state index in [0.717, 1.165) is 12.1 Å². The standard InChI is InChI=1S/C9H7NO6/c11-8(12)4-6-5(9(13)14)2-1-3-7(6)10(15)16/h1-3H,4H2,(H,11,12)(H,13,14). The van der Waals surface area contributed by atoms with Crippen molar-refractivity contribution in [3.8, 4) is 0 Å². The van der Waals surface area contributed by atoms with Crippen molar-refractivity contribution in [2.45, 2.75) is 6.42 Å². The molecular weight excluding hydrogens is 218 g/mol. The van der Waals surface area contributed by atoms with Crippen molar-refractivity contribution in [1.82, 2.24) is 0 Å². The van der Waals surface area contributed by atoms with Gasteiger partial charge in [0.2, 0.25) is 0 Å². The first kappa shape index (κ1) is 11.6. The van der Waals surface area contributed by atoms with E-state index in [0.29, 0.717) is 0 Å². The molecule has 1 rings (SSSR count). The zero-order chi connectivity index (χ0) is 12.3. The van der Waals surface area contributed by atoms with Gasteiger partial charge in [-0.15, -0.1) is 0 Å². The largest absolute Gasteiger partial charge is 0.481 e. The van der Waals surface area contributed by atoms with E-state index in [9.17, 15) is 19.7 Å². The van der Waals surface area contributed by atoms with E-state index in [1.807, 2.05) is 0 Å². The van der Waals surface area contributed by atoms with Crippen LogP contribution in [0.25, 0.3) is 0 Å². The second-order valence-electron chi connectivity index (χ2n) is 2.94. The molecule has 0 aromatic heterocycles. The molecular formula is C9H7NO6. The van der Waals surface area contributed by atoms with Gasteiger partial charge in [0.05, 0.1) is 22.5 Å². The zero-order valence-corrected chi connectivity index (χ0v) is 7.91. The highest BCUT2D eigenvalue weighted by Crippen LogP contribution is 2.23. The summed E-state index contributed by atoms with van der Waals surface area (Å²) in [5.74, 6) is -2.71. The Morgan fingerprint density at radius 3 is 2.38 bits per heavy atom. The van der Waals surface area contributed by atoms with Crippen LogP contribution < -0.4 is 0 Å². The van der Waals surface area contributed by atoms with E-state index in [2.05, 4.69) is 0 Å². The summed E-state index contributed by atoms with van der Waals surface area (Å²) < 4.78 is 0. The summed E-state index contributed by atoms with van der Waals surface area (Å²) in [4.78, 5) is 31.1. The summed E-state index contributed by atoms with van der Waals surface area (Å²) in [6.07, 6.45) is -0.696. The fourth-order valence-corrected chi connectivity index (χ4v) is 1.28. The lowest BCUT2D eigenvalue weighted by Gasteiger charge is -2.03. The molecule has 1 aromatic rings. The minimum atomic E-state index is -1.39. The van der Waals surface area contributed by atoms with Crippen molar-refractivity contribution >= 4 is 17.6 Å². The fourth-order valence-electron chi connectivity index (χ4n) is 1.28. The first-order valence-electron chi connectivity index (χ1n) is 4.15. The lowest BCUT2D eigenvalue weighted by Crippen LogP contribution is -2.10. The molecule has 0 saturated heterocycles. The highest BCUT2D eigenvalue weighted by Gasteiger charge is 2.22. The van der Waals surface area contributed by atoms with Crippen molar-refractivity contribution in [2.75, 3.05) is 0 Å². The number of aromatic carboxylic acids is 1. The number of carbonyl (C=O) groups is 2. The quantitative estimate of drug-likeness (QED) is 0.581. The van der Waals surface area contributed by atoms with Crippen LogP contribution in [0.4, 0.5) is 5.69 Å². The molecule has 0 bridgehead atoms. The molecule has 0 aliphatic carbocycles. The number of nitro groups is 1. The first-order chi connectivity index (χ1) is 7.43. The van der Waals surface area contributed by atoms with Gasteiger partial charge < -0.3 is 10.2 Å². The molecule has 0 amide bonds. The normalized spacial score (nSPS) is 9.75. The summed E-state index contributed by atoms with van der Waals surface area (Å²) in [5.41, 5.74) is -1.16. The Balaban J connectivity index is 3.40. The highest BCUT2D eigenvalue weighted by atomic mass is 16.6. The number of carboxylic acids is 2. The van der Waals surface area contributed by atoms with Gasteiger partial charge in [-0.3, -0.25) is 14.9 Å². The van der Waals surface area contributed by atoms with Gasteiger partial charge in [-0.25, -0.2) is 4.79 Å². The highest BCUT2D eigenvalue weighted by molar-refractivity contribution is 5.92. The average molecular weight is 225 g/mol. The molecule has 2 N–H and O–H groups in total. The van der Waals surface area contributed by atoms with Crippen molar-refractivity contribution in [2.24, 2.45) is 0 Å². The second-order valence-corrected chi connectivity index (χ2v) is 2.94. The predicted octanol–water partition coefficient (Wildman–Crippen LogP) is 0.920. The van der Waals surface area contributed by atoms with Crippen LogP contribution in [-0.2, 0) is 11.2 Å². The molecule has 0 unspecified atom stereocenters. The van der Waals surface area contributed by atoms with Crippen LogP contribution in [0.15, 0.2) is 18.2 Å². The van der Waals surface area contributed by atoms with Gasteiger partial charge in [0.1, 0.15) is 0 Å². The molecule has 7 heteroatoms. The minimum absolute atomic E-state index is 0.299. The Hall–Kier alpha value is -2.44. The molecule has 0 aliphatic rings. The number of carboxylic acid groups (broad SMARTS) is 2. The van der Waals surface area contributed by atoms with Crippen LogP contribution in [0, 0.1) is 10.1 Å². The topological polar surface area (TPSA) is 118 Å². The molecule has 0 heterocycles. The Labute approximate surface area is 89.1 Å². The van der Waals surface area contributed by atoms with Gasteiger partial charge in [-0.05, 0) is 6.07 Å². The van der Waals surface area contributed by atoms with Gasteiger partial charge in [0.25, 0.3) is 5.69 Å². The predicted molar refractivity (Wildman–Crippen MR) is 51.4 cm³/mol. The summed E-state index contributed by atoms with van der Waals surface area (Å²) >= 11 is 0. The number of rotatable bonds is 4. The van der Waals surface area contributed by atoms with Crippen molar-refractivity contribution in [3.63, 3.8) is 0 Å². The number of hydrogen-bond donors (Lipinski definition) is 2. The maximum absolute atomic E-state index is 10.8. The van der Waals surface area contributed by atoms with E-state index >= 15 is 0 Å². The van der Waals surface area contributed by atoms with E-state index in [-0.39, 0.29) is 11.1 Å². The molecule has 0 aliphatic heterocycles. The molecule has 0 spiro atoms. The van der Waals surface area contributed by atoms with E-state index < -0.39 is 29.0 Å².